The summed E-state index contributed by atoms with van der Waals surface area (Å²) in [6.07, 6.45) is 2.90. The highest BCUT2D eigenvalue weighted by Crippen LogP contribution is 2.56. The van der Waals surface area contributed by atoms with Gasteiger partial charge in [-0.3, -0.25) is 4.79 Å². The maximum absolute atomic E-state index is 11.8. The van der Waals surface area contributed by atoms with E-state index in [1.54, 1.807) is 0 Å². The minimum Gasteiger partial charge on any atom is -0.499 e. The van der Waals surface area contributed by atoms with Crippen LogP contribution in [0.5, 0.6) is 5.75 Å². The minimum absolute atomic E-state index is 0.0297. The van der Waals surface area contributed by atoms with Crippen LogP contribution in [0.15, 0.2) is 109 Å². The van der Waals surface area contributed by atoms with Gasteiger partial charge in [0, 0.05) is 16.9 Å². The number of aryl methyl sites for hydroxylation is 1. The highest BCUT2D eigenvalue weighted by Gasteiger charge is 2.45. The molecular weight excluding hydrogens is 597 g/mol. The van der Waals surface area contributed by atoms with Gasteiger partial charge in [0.1, 0.15) is 19.0 Å². The molecule has 2 unspecified atom stereocenters. The first-order valence-electron chi connectivity index (χ1n) is 15.6. The lowest BCUT2D eigenvalue weighted by Crippen LogP contribution is -2.28. The first kappa shape index (κ1) is 32.8. The summed E-state index contributed by atoms with van der Waals surface area (Å²) >= 11 is 8.68. The third-order valence-electron chi connectivity index (χ3n) is 8.14. The molecule has 4 aromatic rings. The molecule has 4 aromatic carbocycles. The molecule has 0 heterocycles. The highest BCUT2D eigenvalue weighted by atomic mass is 32.1. The first-order valence-corrected chi connectivity index (χ1v) is 16.7. The number of thiol groups is 2. The van der Waals surface area contributed by atoms with E-state index in [1.807, 2.05) is 26.0 Å². The third-order valence-corrected chi connectivity index (χ3v) is 8.51. The van der Waals surface area contributed by atoms with E-state index in [0.717, 1.165) is 30.8 Å². The second-order valence-corrected chi connectivity index (χ2v) is 13.5. The van der Waals surface area contributed by atoms with Crippen molar-refractivity contribution in [3.8, 4) is 16.9 Å². The number of hydrogen-bond acceptors (Lipinski definition) is 6. The van der Waals surface area contributed by atoms with Gasteiger partial charge in [-0.15, -0.1) is 0 Å². The van der Waals surface area contributed by atoms with Crippen LogP contribution in [-0.2, 0) is 26.1 Å². The van der Waals surface area contributed by atoms with Crippen molar-refractivity contribution in [3.05, 3.63) is 137 Å². The van der Waals surface area contributed by atoms with Crippen molar-refractivity contribution in [1.82, 2.24) is 0 Å². The van der Waals surface area contributed by atoms with Crippen molar-refractivity contribution in [2.24, 2.45) is 0 Å². The van der Waals surface area contributed by atoms with Crippen molar-refractivity contribution >= 4 is 31.2 Å². The molecule has 0 aliphatic heterocycles. The molecule has 0 saturated heterocycles. The van der Waals surface area contributed by atoms with Crippen LogP contribution in [0.25, 0.3) is 11.1 Å². The highest BCUT2D eigenvalue weighted by molar-refractivity contribution is 7.81. The number of allylic oxidation sites excluding steroid dienone is 1. The molecule has 1 aliphatic rings. The summed E-state index contributed by atoms with van der Waals surface area (Å²) in [5.74, 6) is 1.27. The lowest BCUT2D eigenvalue weighted by Gasteiger charge is -2.34. The van der Waals surface area contributed by atoms with Gasteiger partial charge < -0.3 is 14.2 Å². The average Bonchev–Trinajstić information content (AvgIpc) is 3.33. The number of fused-ring (bicyclic) bond motifs is 3. The summed E-state index contributed by atoms with van der Waals surface area (Å²) in [6.45, 7) is 9.06. The molecule has 45 heavy (non-hydrogen) atoms. The van der Waals surface area contributed by atoms with E-state index in [0.29, 0.717) is 6.61 Å². The molecule has 0 N–H and O–H groups in total. The summed E-state index contributed by atoms with van der Waals surface area (Å²) in [5, 5.41) is 0.216. The van der Waals surface area contributed by atoms with Crippen LogP contribution < -0.4 is 4.74 Å². The number of carbonyl (C=O) groups is 1. The largest absolute Gasteiger partial charge is 0.499 e. The van der Waals surface area contributed by atoms with Gasteiger partial charge in [0.05, 0.1) is 24.2 Å². The Labute approximate surface area is 278 Å². The molecule has 0 amide bonds. The topological polar surface area (TPSA) is 44.8 Å². The second kappa shape index (κ2) is 15.1. The number of hydrogen-bond donors (Lipinski definition) is 2. The van der Waals surface area contributed by atoms with E-state index >= 15 is 0 Å². The number of carbonyl (C=O) groups excluding carboxylic acids is 1. The summed E-state index contributed by atoms with van der Waals surface area (Å²) in [6, 6.07) is 34.8. The molecule has 1 aliphatic carbocycles. The summed E-state index contributed by atoms with van der Waals surface area (Å²) in [4.78, 5) is 11.8. The Morgan fingerprint density at radius 2 is 1.27 bits per heavy atom. The SMILES string of the molecule is C=C(CC(C)S)OCCCc1ccc(C2(c3ccc(OCCOC(=O)CC(C)S)cc3)c3ccccc3-c3ccccc32)cc1. The van der Waals surface area contributed by atoms with E-state index in [-0.39, 0.29) is 36.1 Å². The minimum atomic E-state index is -0.478. The zero-order valence-electron chi connectivity index (χ0n) is 26.1. The number of benzene rings is 4. The maximum atomic E-state index is 11.8. The molecule has 234 valence electrons. The van der Waals surface area contributed by atoms with Gasteiger partial charge in [-0.25, -0.2) is 0 Å². The molecular formula is C39H42O4S2. The van der Waals surface area contributed by atoms with Crippen molar-refractivity contribution in [1.29, 1.82) is 0 Å². The Morgan fingerprint density at radius 1 is 0.711 bits per heavy atom. The monoisotopic (exact) mass is 638 g/mol. The maximum Gasteiger partial charge on any atom is 0.307 e. The van der Waals surface area contributed by atoms with Crippen LogP contribution in [0.3, 0.4) is 0 Å². The Kier molecular flexibility index (Phi) is 11.0. The molecule has 0 bridgehead atoms. The van der Waals surface area contributed by atoms with Crippen molar-refractivity contribution in [2.75, 3.05) is 19.8 Å². The lowest BCUT2D eigenvalue weighted by molar-refractivity contribution is -0.144. The Hall–Kier alpha value is -3.61. The molecule has 4 nitrogen and oxygen atoms in total. The van der Waals surface area contributed by atoms with Crippen LogP contribution in [-0.4, -0.2) is 36.3 Å². The number of esters is 1. The van der Waals surface area contributed by atoms with Crippen molar-refractivity contribution < 1.29 is 19.0 Å². The zero-order chi connectivity index (χ0) is 31.8. The van der Waals surface area contributed by atoms with Gasteiger partial charge in [0.15, 0.2) is 0 Å². The summed E-state index contributed by atoms with van der Waals surface area (Å²) in [7, 11) is 0. The van der Waals surface area contributed by atoms with Crippen LogP contribution >= 0.6 is 25.3 Å². The Bertz CT molecular complexity index is 1470. The molecule has 0 saturated carbocycles. The number of rotatable bonds is 15. The fourth-order valence-corrected chi connectivity index (χ4v) is 6.60. The summed E-state index contributed by atoms with van der Waals surface area (Å²) in [5.41, 5.74) is 8.22. The van der Waals surface area contributed by atoms with E-state index in [2.05, 4.69) is 117 Å². The van der Waals surface area contributed by atoms with Gasteiger partial charge in [0.2, 0.25) is 0 Å². The first-order chi connectivity index (χ1) is 21.8. The summed E-state index contributed by atoms with van der Waals surface area (Å²) < 4.78 is 17.0. The molecule has 2 atom stereocenters. The quantitative estimate of drug-likeness (QED) is 0.0521. The smallest absolute Gasteiger partial charge is 0.307 e. The predicted octanol–water partition coefficient (Wildman–Crippen LogP) is 8.85. The Morgan fingerprint density at radius 3 is 1.84 bits per heavy atom. The van der Waals surface area contributed by atoms with Crippen molar-refractivity contribution in [3.63, 3.8) is 0 Å². The van der Waals surface area contributed by atoms with Crippen LogP contribution in [0, 0.1) is 0 Å². The van der Waals surface area contributed by atoms with E-state index in [4.69, 9.17) is 14.2 Å². The molecule has 6 heteroatoms. The van der Waals surface area contributed by atoms with Crippen LogP contribution in [0.1, 0.15) is 60.9 Å². The van der Waals surface area contributed by atoms with E-state index in [1.165, 1.54) is 38.9 Å². The number of ether oxygens (including phenoxy) is 3. The van der Waals surface area contributed by atoms with E-state index < -0.39 is 5.41 Å². The molecule has 5 rings (SSSR count). The Balaban J connectivity index is 1.39. The van der Waals surface area contributed by atoms with Crippen LogP contribution in [0.4, 0.5) is 0 Å². The molecule has 0 radical (unpaired) electrons. The third kappa shape index (κ3) is 7.62. The standard InChI is InChI=1S/C39H42O4S2/c1-27(25-28(2)44)41-22-8-9-30-14-16-31(17-15-30)39(36-12-6-4-10-34(36)35-11-5-7-13-37(35)39)32-18-20-33(21-19-32)42-23-24-43-38(40)26-29(3)45/h4-7,10-21,28-29,44-45H,1,8-9,22-26H2,2-3H3. The van der Waals surface area contributed by atoms with Crippen molar-refractivity contribution in [2.45, 2.75) is 55.4 Å². The second-order valence-electron chi connectivity index (χ2n) is 11.7. The average molecular weight is 639 g/mol. The van der Waals surface area contributed by atoms with Gasteiger partial charge in [-0.2, -0.15) is 25.3 Å². The zero-order valence-corrected chi connectivity index (χ0v) is 27.9. The van der Waals surface area contributed by atoms with Gasteiger partial charge in [-0.05, 0) is 63.9 Å². The van der Waals surface area contributed by atoms with E-state index in [9.17, 15) is 4.79 Å². The fourth-order valence-electron chi connectivity index (χ4n) is 6.24. The lowest BCUT2D eigenvalue weighted by atomic mass is 9.67. The van der Waals surface area contributed by atoms with Gasteiger partial charge in [-0.1, -0.05) is 105 Å². The normalized spacial score (nSPS) is 14.1. The van der Waals surface area contributed by atoms with Gasteiger partial charge in [0.25, 0.3) is 0 Å². The van der Waals surface area contributed by atoms with Crippen LogP contribution in [0.2, 0.25) is 0 Å². The molecule has 0 fully saturated rings. The predicted molar refractivity (Wildman–Crippen MR) is 190 cm³/mol. The fraction of sp³-hybridized carbons (Fsp3) is 0.308. The van der Waals surface area contributed by atoms with Gasteiger partial charge >= 0.3 is 5.97 Å². The molecule has 0 aromatic heterocycles. The molecule has 0 spiro atoms.